The summed E-state index contributed by atoms with van der Waals surface area (Å²) in [5, 5.41) is 0.206. The molecule has 0 fully saturated rings. The number of nitrogen functional groups attached to an aromatic ring is 1. The molecule has 0 aliphatic carbocycles. The Labute approximate surface area is 85.6 Å². The van der Waals surface area contributed by atoms with Gasteiger partial charge in [-0.25, -0.2) is 14.8 Å². The van der Waals surface area contributed by atoms with Crippen LogP contribution in [0.25, 0.3) is 6.08 Å². The number of nitrogens with zero attached hydrogens (tertiary/aromatic N) is 2. The van der Waals surface area contributed by atoms with Gasteiger partial charge in [0, 0.05) is 6.08 Å². The largest absolute Gasteiger partial charge is 0.466 e. The van der Waals surface area contributed by atoms with Crippen LogP contribution in [0.1, 0.15) is 5.69 Å². The molecule has 0 saturated heterocycles. The fraction of sp³-hybridized carbons (Fsp3) is 0.125. The molecule has 0 aliphatic rings. The Morgan fingerprint density at radius 1 is 1.71 bits per heavy atom. The zero-order chi connectivity index (χ0) is 10.6. The maximum atomic E-state index is 10.7. The van der Waals surface area contributed by atoms with E-state index in [1.165, 1.54) is 25.5 Å². The Morgan fingerprint density at radius 2 is 2.43 bits per heavy atom. The summed E-state index contributed by atoms with van der Waals surface area (Å²) < 4.78 is 4.39. The van der Waals surface area contributed by atoms with Gasteiger partial charge in [0.05, 0.1) is 13.3 Å². The molecule has 0 amide bonds. The Morgan fingerprint density at radius 3 is 3.00 bits per heavy atom. The van der Waals surface area contributed by atoms with Gasteiger partial charge in [-0.05, 0) is 6.08 Å². The lowest BCUT2D eigenvalue weighted by Crippen LogP contribution is -1.98. The predicted molar refractivity (Wildman–Crippen MR) is 52.5 cm³/mol. The minimum atomic E-state index is -0.485. The lowest BCUT2D eigenvalue weighted by atomic mass is 10.3. The number of methoxy groups -OCH3 is 1. The summed E-state index contributed by atoms with van der Waals surface area (Å²) in [6.45, 7) is 0. The van der Waals surface area contributed by atoms with E-state index in [2.05, 4.69) is 14.7 Å². The van der Waals surface area contributed by atoms with E-state index >= 15 is 0 Å². The molecule has 0 spiro atoms. The van der Waals surface area contributed by atoms with Gasteiger partial charge in [-0.1, -0.05) is 11.6 Å². The van der Waals surface area contributed by atoms with E-state index in [9.17, 15) is 4.79 Å². The molecule has 2 N–H and O–H groups in total. The minimum Gasteiger partial charge on any atom is -0.466 e. The first-order valence-electron chi connectivity index (χ1n) is 3.67. The molecule has 0 unspecified atom stereocenters. The van der Waals surface area contributed by atoms with Gasteiger partial charge in [0.15, 0.2) is 5.82 Å². The molecular weight excluding hydrogens is 206 g/mol. The monoisotopic (exact) mass is 213 g/mol. The lowest BCUT2D eigenvalue weighted by Gasteiger charge is -1.97. The number of carbonyl (C=O) groups excluding carboxylic acids is 1. The lowest BCUT2D eigenvalue weighted by molar-refractivity contribution is -0.134. The number of aromatic nitrogens is 2. The highest BCUT2D eigenvalue weighted by atomic mass is 35.5. The van der Waals surface area contributed by atoms with E-state index in [0.29, 0.717) is 5.69 Å². The molecule has 0 aromatic carbocycles. The topological polar surface area (TPSA) is 78.1 Å². The number of hydrogen-bond acceptors (Lipinski definition) is 5. The molecule has 1 rings (SSSR count). The van der Waals surface area contributed by atoms with Gasteiger partial charge in [-0.2, -0.15) is 0 Å². The van der Waals surface area contributed by atoms with Crippen LogP contribution >= 0.6 is 11.6 Å². The first-order valence-corrected chi connectivity index (χ1v) is 4.05. The van der Waals surface area contributed by atoms with Gasteiger partial charge >= 0.3 is 5.97 Å². The summed E-state index contributed by atoms with van der Waals surface area (Å²) >= 11 is 5.54. The van der Waals surface area contributed by atoms with E-state index in [4.69, 9.17) is 17.3 Å². The number of halogens is 1. The van der Waals surface area contributed by atoms with E-state index in [0.717, 1.165) is 0 Å². The third-order valence-electron chi connectivity index (χ3n) is 1.38. The molecule has 0 aliphatic heterocycles. The van der Waals surface area contributed by atoms with Gasteiger partial charge in [0.25, 0.3) is 0 Å². The predicted octanol–water partition coefficient (Wildman–Crippen LogP) is 0.898. The minimum absolute atomic E-state index is 0.164. The molecule has 14 heavy (non-hydrogen) atoms. The van der Waals surface area contributed by atoms with Crippen LogP contribution in [0.15, 0.2) is 12.3 Å². The third-order valence-corrected chi connectivity index (χ3v) is 1.56. The maximum Gasteiger partial charge on any atom is 0.330 e. The van der Waals surface area contributed by atoms with E-state index in [1.54, 1.807) is 0 Å². The molecule has 1 aromatic heterocycles. The van der Waals surface area contributed by atoms with E-state index in [1.807, 2.05) is 0 Å². The number of ether oxygens (including phenoxy) is 1. The quantitative estimate of drug-likeness (QED) is 0.583. The second kappa shape index (κ2) is 4.57. The molecule has 0 bridgehead atoms. The van der Waals surface area contributed by atoms with Crippen molar-refractivity contribution < 1.29 is 9.53 Å². The molecule has 74 valence electrons. The number of anilines is 1. The van der Waals surface area contributed by atoms with Gasteiger partial charge in [-0.15, -0.1) is 0 Å². The van der Waals surface area contributed by atoms with E-state index in [-0.39, 0.29) is 11.0 Å². The van der Waals surface area contributed by atoms with Gasteiger partial charge < -0.3 is 10.5 Å². The second-order valence-electron chi connectivity index (χ2n) is 2.32. The van der Waals surface area contributed by atoms with Gasteiger partial charge in [0.2, 0.25) is 0 Å². The number of rotatable bonds is 2. The molecule has 1 aromatic rings. The summed E-state index contributed by atoms with van der Waals surface area (Å²) in [6, 6.07) is 0. The first-order chi connectivity index (χ1) is 6.63. The van der Waals surface area contributed by atoms with Crippen molar-refractivity contribution in [2.75, 3.05) is 12.8 Å². The standard InChI is InChI=1S/C8H8ClN3O2/c1-14-7(13)3-2-5-8(10)12-6(9)4-11-5/h2-4H,1H3,(H2,10,12). The highest BCUT2D eigenvalue weighted by Crippen LogP contribution is 2.11. The van der Waals surface area contributed by atoms with Crippen molar-refractivity contribution in [3.8, 4) is 0 Å². The fourth-order valence-electron chi connectivity index (χ4n) is 0.734. The van der Waals surface area contributed by atoms with Crippen molar-refractivity contribution >= 4 is 29.5 Å². The highest BCUT2D eigenvalue weighted by Gasteiger charge is 2.00. The Kier molecular flexibility index (Phi) is 3.41. The Hall–Kier alpha value is -1.62. The fourth-order valence-corrected chi connectivity index (χ4v) is 0.873. The molecule has 0 saturated carbocycles. The number of nitrogens with two attached hydrogens (primary N) is 1. The summed E-state index contributed by atoms with van der Waals surface area (Å²) in [6.07, 6.45) is 3.95. The van der Waals surface area contributed by atoms with Crippen LogP contribution in [0.5, 0.6) is 0 Å². The number of esters is 1. The zero-order valence-corrected chi connectivity index (χ0v) is 8.15. The molecule has 0 atom stereocenters. The van der Waals surface area contributed by atoms with Crippen LogP contribution in [-0.4, -0.2) is 23.0 Å². The van der Waals surface area contributed by atoms with Crippen LogP contribution in [-0.2, 0) is 9.53 Å². The Bertz CT molecular complexity index is 379. The first kappa shape index (κ1) is 10.5. The Balaban J connectivity index is 2.87. The SMILES string of the molecule is COC(=O)C=Cc1ncc(Cl)nc1N. The van der Waals surface area contributed by atoms with Gasteiger partial charge in [-0.3, -0.25) is 0 Å². The summed E-state index contributed by atoms with van der Waals surface area (Å²) in [5.41, 5.74) is 5.86. The average molecular weight is 214 g/mol. The van der Waals surface area contributed by atoms with Crippen molar-refractivity contribution in [1.82, 2.24) is 9.97 Å². The summed E-state index contributed by atoms with van der Waals surface area (Å²) in [4.78, 5) is 18.4. The molecular formula is C8H8ClN3O2. The smallest absolute Gasteiger partial charge is 0.330 e. The van der Waals surface area contributed by atoms with Crippen LogP contribution in [0.2, 0.25) is 5.15 Å². The third kappa shape index (κ3) is 2.70. The van der Waals surface area contributed by atoms with Crippen molar-refractivity contribution in [1.29, 1.82) is 0 Å². The van der Waals surface area contributed by atoms with Crippen LogP contribution in [0, 0.1) is 0 Å². The second-order valence-corrected chi connectivity index (χ2v) is 2.71. The van der Waals surface area contributed by atoms with Crippen molar-refractivity contribution in [3.05, 3.63) is 23.1 Å². The van der Waals surface area contributed by atoms with Crippen LogP contribution in [0.3, 0.4) is 0 Å². The number of hydrogen-bond donors (Lipinski definition) is 1. The molecule has 1 heterocycles. The van der Waals surface area contributed by atoms with Gasteiger partial charge in [0.1, 0.15) is 10.8 Å². The zero-order valence-electron chi connectivity index (χ0n) is 7.40. The molecule has 6 heteroatoms. The normalized spacial score (nSPS) is 10.4. The van der Waals surface area contributed by atoms with Crippen molar-refractivity contribution in [2.24, 2.45) is 0 Å². The number of carbonyl (C=O) groups is 1. The molecule has 5 nitrogen and oxygen atoms in total. The van der Waals surface area contributed by atoms with Crippen LogP contribution < -0.4 is 5.73 Å². The van der Waals surface area contributed by atoms with Crippen molar-refractivity contribution in [2.45, 2.75) is 0 Å². The highest BCUT2D eigenvalue weighted by molar-refractivity contribution is 6.29. The molecule has 0 radical (unpaired) electrons. The van der Waals surface area contributed by atoms with Crippen LogP contribution in [0.4, 0.5) is 5.82 Å². The van der Waals surface area contributed by atoms with E-state index < -0.39 is 5.97 Å². The summed E-state index contributed by atoms with van der Waals surface area (Å²) in [5.74, 6) is -0.321. The average Bonchev–Trinajstić information content (AvgIpc) is 2.16. The van der Waals surface area contributed by atoms with Crippen molar-refractivity contribution in [3.63, 3.8) is 0 Å². The summed E-state index contributed by atoms with van der Waals surface area (Å²) in [7, 11) is 1.28. The maximum absolute atomic E-state index is 10.7.